The molecule has 2 atom stereocenters. The SMILES string of the molecule is CC(O)C[C@](C)(N)c1cc(Br)c(F)cc1F. The summed E-state index contributed by atoms with van der Waals surface area (Å²) in [5.74, 6) is -1.37. The van der Waals surface area contributed by atoms with Gasteiger partial charge in [0.15, 0.2) is 0 Å². The van der Waals surface area contributed by atoms with Crippen molar-refractivity contribution in [2.75, 3.05) is 0 Å². The van der Waals surface area contributed by atoms with Crippen molar-refractivity contribution in [1.82, 2.24) is 0 Å². The Morgan fingerprint density at radius 3 is 2.50 bits per heavy atom. The lowest BCUT2D eigenvalue weighted by Gasteiger charge is -2.27. The van der Waals surface area contributed by atoms with E-state index in [1.807, 2.05) is 0 Å². The first kappa shape index (κ1) is 13.5. The van der Waals surface area contributed by atoms with E-state index in [1.54, 1.807) is 13.8 Å². The normalized spacial score (nSPS) is 16.9. The third-order valence-electron chi connectivity index (χ3n) is 2.34. The van der Waals surface area contributed by atoms with Crippen LogP contribution in [0.25, 0.3) is 0 Å². The van der Waals surface area contributed by atoms with Crippen molar-refractivity contribution in [3.63, 3.8) is 0 Å². The van der Waals surface area contributed by atoms with Gasteiger partial charge in [-0.05, 0) is 42.3 Å². The molecule has 0 saturated heterocycles. The Kier molecular flexibility index (Phi) is 4.04. The average molecular weight is 294 g/mol. The van der Waals surface area contributed by atoms with Gasteiger partial charge in [-0.2, -0.15) is 0 Å². The van der Waals surface area contributed by atoms with Gasteiger partial charge in [0.25, 0.3) is 0 Å². The van der Waals surface area contributed by atoms with E-state index in [-0.39, 0.29) is 16.5 Å². The van der Waals surface area contributed by atoms with Crippen LogP contribution in [0.15, 0.2) is 16.6 Å². The molecule has 90 valence electrons. The Bertz CT molecular complexity index is 394. The van der Waals surface area contributed by atoms with Crippen LogP contribution in [0.1, 0.15) is 25.8 Å². The Morgan fingerprint density at radius 2 is 2.00 bits per heavy atom. The second-order valence-corrected chi connectivity index (χ2v) is 5.07. The molecule has 3 N–H and O–H groups in total. The molecule has 0 aliphatic rings. The zero-order chi connectivity index (χ0) is 12.5. The molecular weight excluding hydrogens is 280 g/mol. The van der Waals surface area contributed by atoms with Crippen LogP contribution in [0, 0.1) is 11.6 Å². The van der Waals surface area contributed by atoms with Gasteiger partial charge in [0.05, 0.1) is 10.6 Å². The highest BCUT2D eigenvalue weighted by molar-refractivity contribution is 9.10. The molecule has 0 spiro atoms. The lowest BCUT2D eigenvalue weighted by Crippen LogP contribution is -2.37. The highest BCUT2D eigenvalue weighted by Crippen LogP contribution is 2.29. The fourth-order valence-electron chi connectivity index (χ4n) is 1.68. The van der Waals surface area contributed by atoms with Crippen molar-refractivity contribution in [3.8, 4) is 0 Å². The first-order valence-electron chi connectivity index (χ1n) is 4.86. The van der Waals surface area contributed by atoms with Gasteiger partial charge in [-0.1, -0.05) is 0 Å². The molecule has 2 nitrogen and oxygen atoms in total. The fraction of sp³-hybridized carbons (Fsp3) is 0.455. The second kappa shape index (κ2) is 4.77. The van der Waals surface area contributed by atoms with Crippen molar-refractivity contribution in [3.05, 3.63) is 33.8 Å². The van der Waals surface area contributed by atoms with Crippen LogP contribution in [0.5, 0.6) is 0 Å². The first-order chi connectivity index (χ1) is 7.24. The molecule has 1 aromatic carbocycles. The van der Waals surface area contributed by atoms with Crippen LogP contribution >= 0.6 is 15.9 Å². The molecular formula is C11H14BrF2NO. The molecule has 0 amide bonds. The Balaban J connectivity index is 3.17. The highest BCUT2D eigenvalue weighted by Gasteiger charge is 2.27. The minimum atomic E-state index is -1.03. The fourth-order valence-corrected chi connectivity index (χ4v) is 2.03. The van der Waals surface area contributed by atoms with E-state index in [4.69, 9.17) is 5.73 Å². The standard InChI is InChI=1S/C11H14BrF2NO/c1-6(16)5-11(2,15)7-3-8(12)10(14)4-9(7)13/h3-4,6,16H,5,15H2,1-2H3/t6?,11-/m0/s1. The number of hydrogen-bond acceptors (Lipinski definition) is 2. The summed E-state index contributed by atoms with van der Waals surface area (Å²) in [5.41, 5.74) is 5.06. The molecule has 0 aliphatic carbocycles. The molecule has 1 unspecified atom stereocenters. The summed E-state index contributed by atoms with van der Waals surface area (Å²) in [5, 5.41) is 9.28. The van der Waals surface area contributed by atoms with Crippen LogP contribution in [-0.2, 0) is 5.54 Å². The zero-order valence-corrected chi connectivity index (χ0v) is 10.7. The topological polar surface area (TPSA) is 46.2 Å². The maximum atomic E-state index is 13.6. The summed E-state index contributed by atoms with van der Waals surface area (Å²) in [6, 6.07) is 2.10. The van der Waals surface area contributed by atoms with Crippen LogP contribution in [-0.4, -0.2) is 11.2 Å². The van der Waals surface area contributed by atoms with Gasteiger partial charge in [0.1, 0.15) is 11.6 Å². The third kappa shape index (κ3) is 2.99. The Morgan fingerprint density at radius 1 is 1.44 bits per heavy atom. The molecule has 0 radical (unpaired) electrons. The van der Waals surface area contributed by atoms with Crippen LogP contribution in [0.3, 0.4) is 0 Å². The number of aliphatic hydroxyl groups excluding tert-OH is 1. The van der Waals surface area contributed by atoms with E-state index >= 15 is 0 Å². The van der Waals surface area contributed by atoms with Gasteiger partial charge in [0, 0.05) is 17.2 Å². The Labute approximate surface area is 102 Å². The van der Waals surface area contributed by atoms with Crippen molar-refractivity contribution in [1.29, 1.82) is 0 Å². The third-order valence-corrected chi connectivity index (χ3v) is 2.95. The highest BCUT2D eigenvalue weighted by atomic mass is 79.9. The first-order valence-corrected chi connectivity index (χ1v) is 5.65. The quantitative estimate of drug-likeness (QED) is 0.842. The van der Waals surface area contributed by atoms with Gasteiger partial charge in [-0.15, -0.1) is 0 Å². The van der Waals surface area contributed by atoms with Gasteiger partial charge in [0.2, 0.25) is 0 Å². The number of halogens is 3. The number of rotatable bonds is 3. The summed E-state index contributed by atoms with van der Waals surface area (Å²) < 4.78 is 26.7. The number of benzene rings is 1. The second-order valence-electron chi connectivity index (χ2n) is 4.22. The molecule has 1 rings (SSSR count). The molecule has 0 aromatic heterocycles. The van der Waals surface area contributed by atoms with E-state index < -0.39 is 23.3 Å². The number of nitrogens with two attached hydrogens (primary N) is 1. The molecule has 0 heterocycles. The molecule has 0 aliphatic heterocycles. The van der Waals surface area contributed by atoms with Gasteiger partial charge in [-0.25, -0.2) is 8.78 Å². The summed E-state index contributed by atoms with van der Waals surface area (Å²) in [6.07, 6.45) is -0.458. The van der Waals surface area contributed by atoms with E-state index in [2.05, 4.69) is 15.9 Å². The predicted molar refractivity (Wildman–Crippen MR) is 61.9 cm³/mol. The molecule has 16 heavy (non-hydrogen) atoms. The van der Waals surface area contributed by atoms with Gasteiger partial charge in [-0.3, -0.25) is 0 Å². The largest absolute Gasteiger partial charge is 0.393 e. The van der Waals surface area contributed by atoms with E-state index in [0.29, 0.717) is 0 Å². The van der Waals surface area contributed by atoms with Crippen molar-refractivity contribution in [2.24, 2.45) is 5.73 Å². The average Bonchev–Trinajstić information content (AvgIpc) is 2.08. The molecule has 5 heteroatoms. The van der Waals surface area contributed by atoms with Crippen LogP contribution in [0.2, 0.25) is 0 Å². The summed E-state index contributed by atoms with van der Waals surface area (Å²) >= 11 is 2.98. The lowest BCUT2D eigenvalue weighted by atomic mass is 9.87. The lowest BCUT2D eigenvalue weighted by molar-refractivity contribution is 0.152. The van der Waals surface area contributed by atoms with Crippen molar-refractivity contribution < 1.29 is 13.9 Å². The van der Waals surface area contributed by atoms with Crippen molar-refractivity contribution in [2.45, 2.75) is 31.9 Å². The monoisotopic (exact) mass is 293 g/mol. The molecule has 1 aromatic rings. The Hall–Kier alpha value is -0.520. The predicted octanol–water partition coefficient (Wildman–Crippen LogP) is 2.67. The van der Waals surface area contributed by atoms with Gasteiger partial charge < -0.3 is 10.8 Å². The smallest absolute Gasteiger partial charge is 0.140 e. The zero-order valence-electron chi connectivity index (χ0n) is 9.10. The van der Waals surface area contributed by atoms with Crippen LogP contribution < -0.4 is 5.73 Å². The molecule has 0 bridgehead atoms. The summed E-state index contributed by atoms with van der Waals surface area (Å²) in [4.78, 5) is 0. The minimum Gasteiger partial charge on any atom is -0.393 e. The molecule has 0 fully saturated rings. The van der Waals surface area contributed by atoms with E-state index in [0.717, 1.165) is 6.07 Å². The summed E-state index contributed by atoms with van der Waals surface area (Å²) in [7, 11) is 0. The summed E-state index contributed by atoms with van der Waals surface area (Å²) in [6.45, 7) is 3.17. The van der Waals surface area contributed by atoms with Crippen LogP contribution in [0.4, 0.5) is 8.78 Å². The van der Waals surface area contributed by atoms with E-state index in [9.17, 15) is 13.9 Å². The van der Waals surface area contributed by atoms with E-state index in [1.165, 1.54) is 6.07 Å². The maximum Gasteiger partial charge on any atom is 0.140 e. The minimum absolute atomic E-state index is 0.158. The molecule has 0 saturated carbocycles. The van der Waals surface area contributed by atoms with Crippen molar-refractivity contribution >= 4 is 15.9 Å². The number of aliphatic hydroxyl groups is 1. The maximum absolute atomic E-state index is 13.6. The number of hydrogen-bond donors (Lipinski definition) is 2. The van der Waals surface area contributed by atoms with Gasteiger partial charge >= 0.3 is 0 Å².